The third-order valence-corrected chi connectivity index (χ3v) is 5.26. The first kappa shape index (κ1) is 14.4. The summed E-state index contributed by atoms with van der Waals surface area (Å²) in [6, 6.07) is 0. The van der Waals surface area contributed by atoms with E-state index in [1.54, 1.807) is 13.8 Å². The van der Waals surface area contributed by atoms with Gasteiger partial charge in [-0.1, -0.05) is 6.92 Å². The molecule has 5 atom stereocenters. The van der Waals surface area contributed by atoms with Crippen LogP contribution in [-0.2, 0) is 23.8 Å². The highest BCUT2D eigenvalue weighted by molar-refractivity contribution is 5.85. The average Bonchev–Trinajstić information content (AvgIpc) is 3.03. The van der Waals surface area contributed by atoms with Crippen molar-refractivity contribution in [1.82, 2.24) is 0 Å². The van der Waals surface area contributed by atoms with Crippen LogP contribution in [0, 0.1) is 23.2 Å². The Balaban J connectivity index is 1.60. The second-order valence-corrected chi connectivity index (χ2v) is 6.86. The van der Waals surface area contributed by atoms with Crippen LogP contribution in [0.1, 0.15) is 40.0 Å². The van der Waals surface area contributed by atoms with Crippen LogP contribution >= 0.6 is 0 Å². The Bertz CT molecular complexity index is 496. The molecule has 2 saturated carbocycles. The maximum Gasteiger partial charge on any atom is 0.516 e. The summed E-state index contributed by atoms with van der Waals surface area (Å²) in [4.78, 5) is 35.3. The molecule has 6 heteroatoms. The van der Waals surface area contributed by atoms with Gasteiger partial charge in [-0.15, -0.1) is 0 Å². The molecular weight excluding hydrogens is 276 g/mol. The Morgan fingerprint density at radius 3 is 2.71 bits per heavy atom. The van der Waals surface area contributed by atoms with Crippen LogP contribution in [0.15, 0.2) is 0 Å². The molecule has 1 saturated heterocycles. The first-order valence-corrected chi connectivity index (χ1v) is 7.47. The van der Waals surface area contributed by atoms with Gasteiger partial charge in [0.15, 0.2) is 0 Å². The van der Waals surface area contributed by atoms with E-state index < -0.39 is 23.6 Å². The molecule has 0 spiro atoms. The van der Waals surface area contributed by atoms with Gasteiger partial charge < -0.3 is 14.2 Å². The lowest BCUT2D eigenvalue weighted by Gasteiger charge is -2.25. The normalized spacial score (nSPS) is 36.5. The minimum absolute atomic E-state index is 0.0310. The summed E-state index contributed by atoms with van der Waals surface area (Å²) in [6.45, 7) is 5.27. The Labute approximate surface area is 123 Å². The molecule has 5 unspecified atom stereocenters. The number of fused-ring (bicyclic) bond motifs is 1. The van der Waals surface area contributed by atoms with Gasteiger partial charge in [-0.05, 0) is 33.1 Å². The van der Waals surface area contributed by atoms with Crippen molar-refractivity contribution >= 4 is 18.1 Å². The number of carbonyl (C=O) groups is 3. The van der Waals surface area contributed by atoms with Gasteiger partial charge in [0.05, 0.1) is 11.3 Å². The van der Waals surface area contributed by atoms with Gasteiger partial charge in [0, 0.05) is 11.8 Å². The van der Waals surface area contributed by atoms with Crippen LogP contribution in [0.5, 0.6) is 0 Å². The van der Waals surface area contributed by atoms with Crippen molar-refractivity contribution in [1.29, 1.82) is 0 Å². The topological polar surface area (TPSA) is 78.9 Å². The number of ether oxygens (including phenoxy) is 3. The quantitative estimate of drug-likeness (QED) is 0.586. The summed E-state index contributed by atoms with van der Waals surface area (Å²) in [5.41, 5.74) is -0.724. The second-order valence-electron chi connectivity index (χ2n) is 6.86. The van der Waals surface area contributed by atoms with E-state index in [0.717, 1.165) is 6.42 Å². The predicted octanol–water partition coefficient (Wildman–Crippen LogP) is 2.05. The summed E-state index contributed by atoms with van der Waals surface area (Å²) in [5.74, 6) is -0.521. The van der Waals surface area contributed by atoms with Crippen molar-refractivity contribution in [3.05, 3.63) is 0 Å². The minimum Gasteiger partial charge on any atom is -0.458 e. The first-order chi connectivity index (χ1) is 9.83. The van der Waals surface area contributed by atoms with Crippen molar-refractivity contribution in [3.8, 4) is 0 Å². The van der Waals surface area contributed by atoms with Gasteiger partial charge in [0.1, 0.15) is 12.2 Å². The van der Waals surface area contributed by atoms with Crippen LogP contribution < -0.4 is 0 Å². The predicted molar refractivity (Wildman–Crippen MR) is 70.0 cm³/mol. The number of hydrogen-bond donors (Lipinski definition) is 0. The highest BCUT2D eigenvalue weighted by Crippen LogP contribution is 2.55. The molecule has 0 aromatic carbocycles. The van der Waals surface area contributed by atoms with Gasteiger partial charge in [0.25, 0.3) is 0 Å². The van der Waals surface area contributed by atoms with E-state index in [4.69, 9.17) is 14.2 Å². The monoisotopic (exact) mass is 296 g/mol. The number of esters is 2. The van der Waals surface area contributed by atoms with Gasteiger partial charge >= 0.3 is 18.1 Å². The SMILES string of the molecule is CCC(C)(C)C(=O)OC(=O)OC1C2CC3C(=O)OC1C3C2. The van der Waals surface area contributed by atoms with Crippen LogP contribution in [0.4, 0.5) is 4.79 Å². The minimum atomic E-state index is -0.987. The summed E-state index contributed by atoms with van der Waals surface area (Å²) >= 11 is 0. The summed E-state index contributed by atoms with van der Waals surface area (Å²) < 4.78 is 15.3. The molecule has 6 nitrogen and oxygen atoms in total. The third kappa shape index (κ3) is 2.21. The molecule has 0 aromatic heterocycles. The summed E-state index contributed by atoms with van der Waals surface area (Å²) in [6.07, 6.45) is 0.291. The number of hydrogen-bond acceptors (Lipinski definition) is 6. The molecule has 1 heterocycles. The standard InChI is InChI=1S/C15H20O6/c1-4-15(2,3)13(17)21-14(18)20-10-7-5-8-9(6-7)12(16)19-11(8)10/h7-11H,4-6H2,1-3H3. The van der Waals surface area contributed by atoms with E-state index in [-0.39, 0.29) is 29.8 Å². The molecule has 0 aromatic rings. The molecule has 2 aliphatic carbocycles. The zero-order chi connectivity index (χ0) is 15.4. The van der Waals surface area contributed by atoms with Crippen molar-refractivity contribution in [3.63, 3.8) is 0 Å². The fraction of sp³-hybridized carbons (Fsp3) is 0.800. The zero-order valence-electron chi connectivity index (χ0n) is 12.5. The van der Waals surface area contributed by atoms with Crippen molar-refractivity contribution in [2.75, 3.05) is 0 Å². The molecule has 0 radical (unpaired) electrons. The fourth-order valence-electron chi connectivity index (χ4n) is 3.56. The fourth-order valence-corrected chi connectivity index (χ4v) is 3.56. The first-order valence-electron chi connectivity index (χ1n) is 7.47. The van der Waals surface area contributed by atoms with Gasteiger partial charge in [-0.3, -0.25) is 9.59 Å². The van der Waals surface area contributed by atoms with Crippen molar-refractivity contribution in [2.24, 2.45) is 23.2 Å². The summed E-state index contributed by atoms with van der Waals surface area (Å²) in [7, 11) is 0. The average molecular weight is 296 g/mol. The summed E-state index contributed by atoms with van der Waals surface area (Å²) in [5, 5.41) is 0. The maximum atomic E-state index is 11.8. The molecule has 3 aliphatic rings. The zero-order valence-corrected chi connectivity index (χ0v) is 12.5. The lowest BCUT2D eigenvalue weighted by molar-refractivity contribution is -0.154. The molecule has 116 valence electrons. The van der Waals surface area contributed by atoms with Crippen molar-refractivity contribution < 1.29 is 28.6 Å². The van der Waals surface area contributed by atoms with E-state index >= 15 is 0 Å². The van der Waals surface area contributed by atoms with E-state index in [9.17, 15) is 14.4 Å². The second kappa shape index (κ2) is 4.71. The van der Waals surface area contributed by atoms with Gasteiger partial charge in [-0.25, -0.2) is 4.79 Å². The van der Waals surface area contributed by atoms with E-state index in [1.807, 2.05) is 6.92 Å². The molecule has 2 bridgehead atoms. The van der Waals surface area contributed by atoms with Crippen LogP contribution in [-0.4, -0.2) is 30.3 Å². The molecule has 3 fully saturated rings. The highest BCUT2D eigenvalue weighted by atomic mass is 16.8. The third-order valence-electron chi connectivity index (χ3n) is 5.26. The van der Waals surface area contributed by atoms with E-state index in [0.29, 0.717) is 12.8 Å². The molecule has 0 amide bonds. The van der Waals surface area contributed by atoms with E-state index in [2.05, 4.69) is 0 Å². The Morgan fingerprint density at radius 2 is 2.05 bits per heavy atom. The van der Waals surface area contributed by atoms with E-state index in [1.165, 1.54) is 0 Å². The largest absolute Gasteiger partial charge is 0.516 e. The number of carbonyl (C=O) groups excluding carboxylic acids is 3. The molecule has 3 rings (SSSR count). The van der Waals surface area contributed by atoms with Gasteiger partial charge in [0.2, 0.25) is 0 Å². The lowest BCUT2D eigenvalue weighted by Crippen LogP contribution is -2.37. The Hall–Kier alpha value is -1.59. The molecule has 1 aliphatic heterocycles. The number of rotatable bonds is 3. The van der Waals surface area contributed by atoms with Crippen LogP contribution in [0.3, 0.4) is 0 Å². The van der Waals surface area contributed by atoms with Gasteiger partial charge in [-0.2, -0.15) is 0 Å². The maximum absolute atomic E-state index is 11.8. The highest BCUT2D eigenvalue weighted by Gasteiger charge is 2.63. The Morgan fingerprint density at radius 1 is 1.33 bits per heavy atom. The Kier molecular flexibility index (Phi) is 3.22. The molecule has 21 heavy (non-hydrogen) atoms. The smallest absolute Gasteiger partial charge is 0.458 e. The lowest BCUT2D eigenvalue weighted by atomic mass is 9.88. The molecular formula is C15H20O6. The van der Waals surface area contributed by atoms with Crippen molar-refractivity contribution in [2.45, 2.75) is 52.2 Å². The molecule has 0 N–H and O–H groups in total. The van der Waals surface area contributed by atoms with Crippen LogP contribution in [0.25, 0.3) is 0 Å². The van der Waals surface area contributed by atoms with Crippen LogP contribution in [0.2, 0.25) is 0 Å².